The van der Waals surface area contributed by atoms with Gasteiger partial charge in [-0.15, -0.1) is 12.3 Å². The first-order valence-corrected chi connectivity index (χ1v) is 5.78. The van der Waals surface area contributed by atoms with E-state index in [0.717, 1.165) is 0 Å². The summed E-state index contributed by atoms with van der Waals surface area (Å²) < 4.78 is 5.43. The summed E-state index contributed by atoms with van der Waals surface area (Å²) in [4.78, 5) is 0. The molecule has 98 valence electrons. The molecule has 1 aromatic rings. The second kappa shape index (κ2) is 5.76. The highest BCUT2D eigenvalue weighted by Gasteiger charge is 2.25. The molecule has 4 nitrogen and oxygen atoms in total. The average molecular weight is 248 g/mol. The minimum Gasteiger partial charge on any atom is -0.473 e. The van der Waals surface area contributed by atoms with E-state index in [1.54, 1.807) is 24.3 Å². The number of hydrogen-bond acceptors (Lipinski definition) is 4. The van der Waals surface area contributed by atoms with Crippen molar-refractivity contribution in [2.45, 2.75) is 32.6 Å². The van der Waals surface area contributed by atoms with Crippen LogP contribution in [-0.2, 0) is 0 Å². The molecule has 0 bridgehead atoms. The number of aliphatic hydroxyl groups excluding tert-OH is 1. The zero-order chi connectivity index (χ0) is 13.8. The normalized spacial score (nSPS) is 14.6. The quantitative estimate of drug-likeness (QED) is 0.417. The summed E-state index contributed by atoms with van der Waals surface area (Å²) in [6.45, 7) is 3.73. The molecule has 0 amide bonds. The molecule has 0 aliphatic carbocycles. The maximum atomic E-state index is 9.93. The maximum Gasteiger partial charge on any atom is 0.173 e. The largest absolute Gasteiger partial charge is 0.473 e. The molecular weight excluding hydrogens is 228 g/mol. The molecule has 5 N–H and O–H groups in total. The van der Waals surface area contributed by atoms with Crippen LogP contribution in [0.4, 0.5) is 5.69 Å². The summed E-state index contributed by atoms with van der Waals surface area (Å²) in [6.07, 6.45) is 4.10. The smallest absolute Gasteiger partial charge is 0.173 e. The third kappa shape index (κ3) is 4.28. The fourth-order valence-corrected chi connectivity index (χ4v) is 1.48. The summed E-state index contributed by atoms with van der Waals surface area (Å²) in [5.41, 5.74) is 11.6. The minimum absolute atomic E-state index is 0.375. The van der Waals surface area contributed by atoms with Crippen molar-refractivity contribution in [2.75, 3.05) is 5.73 Å². The standard InChI is InChI=1S/C14H20N2O2/c1-4-14(2,3)9-12(17)13(16)18-11-7-5-10(15)6-8-11/h1,5-8,12-13,17H,9,15-16H2,2-3H3. The van der Waals surface area contributed by atoms with Crippen LogP contribution in [-0.4, -0.2) is 17.4 Å². The van der Waals surface area contributed by atoms with Gasteiger partial charge in [-0.25, -0.2) is 0 Å². The highest BCUT2D eigenvalue weighted by Crippen LogP contribution is 2.23. The monoisotopic (exact) mass is 248 g/mol. The molecule has 0 saturated carbocycles. The lowest BCUT2D eigenvalue weighted by Crippen LogP contribution is -2.42. The van der Waals surface area contributed by atoms with Crippen molar-refractivity contribution in [2.24, 2.45) is 11.1 Å². The van der Waals surface area contributed by atoms with Crippen LogP contribution in [0.3, 0.4) is 0 Å². The van der Waals surface area contributed by atoms with E-state index in [1.165, 1.54) is 0 Å². The van der Waals surface area contributed by atoms with Gasteiger partial charge in [0.1, 0.15) is 11.9 Å². The lowest BCUT2D eigenvalue weighted by molar-refractivity contribution is 0.0196. The van der Waals surface area contributed by atoms with Crippen LogP contribution in [0, 0.1) is 17.8 Å². The predicted octanol–water partition coefficient (Wildman–Crippen LogP) is 1.34. The lowest BCUT2D eigenvalue weighted by atomic mass is 9.87. The van der Waals surface area contributed by atoms with E-state index < -0.39 is 17.7 Å². The van der Waals surface area contributed by atoms with Gasteiger partial charge < -0.3 is 15.6 Å². The molecule has 1 rings (SSSR count). The van der Waals surface area contributed by atoms with E-state index in [4.69, 9.17) is 22.6 Å². The Bertz CT molecular complexity index is 420. The van der Waals surface area contributed by atoms with Crippen LogP contribution in [0.5, 0.6) is 5.75 Å². The van der Waals surface area contributed by atoms with E-state index in [1.807, 2.05) is 13.8 Å². The SMILES string of the molecule is C#CC(C)(C)CC(O)C(N)Oc1ccc(N)cc1. The van der Waals surface area contributed by atoms with Crippen LogP contribution in [0.25, 0.3) is 0 Å². The number of rotatable bonds is 5. The number of hydrogen-bond donors (Lipinski definition) is 3. The molecular formula is C14H20N2O2. The fraction of sp³-hybridized carbons (Fsp3) is 0.429. The molecule has 0 aromatic heterocycles. The molecule has 0 aliphatic rings. The molecule has 0 radical (unpaired) electrons. The van der Waals surface area contributed by atoms with Crippen molar-refractivity contribution in [3.05, 3.63) is 24.3 Å². The van der Waals surface area contributed by atoms with E-state index in [9.17, 15) is 5.11 Å². The summed E-state index contributed by atoms with van der Waals surface area (Å²) in [7, 11) is 0. The molecule has 0 heterocycles. The molecule has 0 spiro atoms. The summed E-state index contributed by atoms with van der Waals surface area (Å²) >= 11 is 0. The topological polar surface area (TPSA) is 81.5 Å². The molecule has 1 aromatic carbocycles. The van der Waals surface area contributed by atoms with Gasteiger partial charge in [0, 0.05) is 11.1 Å². The Balaban J connectivity index is 2.57. The zero-order valence-electron chi connectivity index (χ0n) is 10.8. The van der Waals surface area contributed by atoms with Crippen LogP contribution in [0.1, 0.15) is 20.3 Å². The highest BCUT2D eigenvalue weighted by molar-refractivity contribution is 5.41. The second-order valence-electron chi connectivity index (χ2n) is 4.95. The zero-order valence-corrected chi connectivity index (χ0v) is 10.8. The Morgan fingerprint density at radius 2 is 1.94 bits per heavy atom. The van der Waals surface area contributed by atoms with Gasteiger partial charge in [-0.3, -0.25) is 5.73 Å². The van der Waals surface area contributed by atoms with Gasteiger partial charge in [-0.1, -0.05) is 0 Å². The second-order valence-corrected chi connectivity index (χ2v) is 4.95. The first kappa shape index (κ1) is 14.4. The fourth-order valence-electron chi connectivity index (χ4n) is 1.48. The minimum atomic E-state index is -0.825. The van der Waals surface area contributed by atoms with Crippen molar-refractivity contribution in [3.63, 3.8) is 0 Å². The summed E-state index contributed by atoms with van der Waals surface area (Å²) in [5.74, 6) is 3.17. The molecule has 2 unspecified atom stereocenters. The Morgan fingerprint density at radius 1 is 1.39 bits per heavy atom. The summed E-state index contributed by atoms with van der Waals surface area (Å²) in [6, 6.07) is 6.82. The Hall–Kier alpha value is -1.70. The highest BCUT2D eigenvalue weighted by atomic mass is 16.5. The van der Waals surface area contributed by atoms with Gasteiger partial charge in [0.15, 0.2) is 6.23 Å². The number of benzene rings is 1. The average Bonchev–Trinajstić information content (AvgIpc) is 2.31. The van der Waals surface area contributed by atoms with Crippen molar-refractivity contribution >= 4 is 5.69 Å². The number of anilines is 1. The maximum absolute atomic E-state index is 9.93. The van der Waals surface area contributed by atoms with E-state index in [2.05, 4.69) is 5.92 Å². The predicted molar refractivity (Wildman–Crippen MR) is 72.7 cm³/mol. The Kier molecular flexibility index (Phi) is 4.60. The lowest BCUT2D eigenvalue weighted by Gasteiger charge is -2.26. The number of aliphatic hydroxyl groups is 1. The molecule has 2 atom stereocenters. The van der Waals surface area contributed by atoms with E-state index in [0.29, 0.717) is 17.9 Å². The number of terminal acetylenes is 1. The third-order valence-electron chi connectivity index (χ3n) is 2.64. The molecule has 0 aliphatic heterocycles. The van der Waals surface area contributed by atoms with Gasteiger partial charge >= 0.3 is 0 Å². The van der Waals surface area contributed by atoms with Crippen LogP contribution >= 0.6 is 0 Å². The van der Waals surface area contributed by atoms with E-state index in [-0.39, 0.29) is 0 Å². The van der Waals surface area contributed by atoms with Crippen molar-refractivity contribution in [1.29, 1.82) is 0 Å². The van der Waals surface area contributed by atoms with Crippen molar-refractivity contribution in [1.82, 2.24) is 0 Å². The van der Waals surface area contributed by atoms with Gasteiger partial charge in [-0.2, -0.15) is 0 Å². The van der Waals surface area contributed by atoms with Gasteiger partial charge in [-0.05, 0) is 44.5 Å². The first-order valence-electron chi connectivity index (χ1n) is 5.78. The van der Waals surface area contributed by atoms with Crippen LogP contribution in [0.2, 0.25) is 0 Å². The van der Waals surface area contributed by atoms with Crippen molar-refractivity contribution < 1.29 is 9.84 Å². The molecule has 18 heavy (non-hydrogen) atoms. The van der Waals surface area contributed by atoms with Crippen LogP contribution in [0.15, 0.2) is 24.3 Å². The Morgan fingerprint density at radius 3 is 2.44 bits per heavy atom. The first-order chi connectivity index (χ1) is 8.34. The molecule has 0 fully saturated rings. The molecule has 4 heteroatoms. The van der Waals surface area contributed by atoms with Gasteiger partial charge in [0.25, 0.3) is 0 Å². The van der Waals surface area contributed by atoms with Gasteiger partial charge in [0.2, 0.25) is 0 Å². The third-order valence-corrected chi connectivity index (χ3v) is 2.64. The number of nitrogen functional groups attached to an aromatic ring is 1. The molecule has 0 saturated heterocycles. The van der Waals surface area contributed by atoms with Gasteiger partial charge in [0.05, 0.1) is 0 Å². The Labute approximate surface area is 108 Å². The van der Waals surface area contributed by atoms with Crippen molar-refractivity contribution in [3.8, 4) is 18.1 Å². The van der Waals surface area contributed by atoms with E-state index >= 15 is 0 Å². The summed E-state index contributed by atoms with van der Waals surface area (Å²) in [5, 5.41) is 9.93. The number of ether oxygens (including phenoxy) is 1. The number of nitrogens with two attached hydrogens (primary N) is 2. The van der Waals surface area contributed by atoms with Crippen LogP contribution < -0.4 is 16.2 Å².